The minimum Gasteiger partial charge on any atom is -0.497 e. The lowest BCUT2D eigenvalue weighted by Gasteiger charge is -2.12. The van der Waals surface area contributed by atoms with Gasteiger partial charge in [0, 0.05) is 33.6 Å². The summed E-state index contributed by atoms with van der Waals surface area (Å²) in [5.74, 6) is -0.882. The van der Waals surface area contributed by atoms with Crippen molar-refractivity contribution < 1.29 is 63.0 Å². The molecule has 25 nitrogen and oxygen atoms in total. The average molecular weight is 1240 g/mol. The van der Waals surface area contributed by atoms with Gasteiger partial charge in [-0.25, -0.2) is 4.98 Å². The van der Waals surface area contributed by atoms with Crippen molar-refractivity contribution in [3.63, 3.8) is 0 Å². The Bertz CT molecular complexity index is 4140. The van der Waals surface area contributed by atoms with E-state index in [1.165, 1.54) is 53.2 Å². The molecule has 0 spiro atoms. The number of hydrogen-bond donors (Lipinski definition) is 4. The highest BCUT2D eigenvalue weighted by atomic mass is 35.5. The number of carbonyl (C=O) groups is 1. The van der Waals surface area contributed by atoms with E-state index >= 15 is 0 Å². The third-order valence-electron chi connectivity index (χ3n) is 11.7. The van der Waals surface area contributed by atoms with Crippen LogP contribution in [0.5, 0.6) is 23.1 Å². The Balaban J connectivity index is 1.25. The molecule has 0 unspecified atom stereocenters. The molecule has 0 aliphatic carbocycles. The summed E-state index contributed by atoms with van der Waals surface area (Å²) in [6.45, 7) is 6.80. The van der Waals surface area contributed by atoms with Crippen LogP contribution >= 0.6 is 35.1 Å². The van der Waals surface area contributed by atoms with Crippen LogP contribution in [0.3, 0.4) is 0 Å². The van der Waals surface area contributed by atoms with E-state index in [2.05, 4.69) is 52.0 Å². The molecule has 4 N–H and O–H groups in total. The summed E-state index contributed by atoms with van der Waals surface area (Å²) in [5.41, 5.74) is 5.24. The largest absolute Gasteiger partial charge is 0.497 e. The van der Waals surface area contributed by atoms with E-state index in [4.69, 9.17) is 25.8 Å². The number of aryl methyl sites for hydroxylation is 3. The minimum absolute atomic E-state index is 0.0490. The zero-order valence-electron chi connectivity index (χ0n) is 44.1. The summed E-state index contributed by atoms with van der Waals surface area (Å²) < 4.78 is 115. The van der Waals surface area contributed by atoms with Gasteiger partial charge in [-0.05, 0) is 130 Å². The number of azo groups is 4. The molecule has 7 rings (SSSR count). The lowest BCUT2D eigenvalue weighted by Crippen LogP contribution is -2.08. The predicted molar refractivity (Wildman–Crippen MR) is 309 cm³/mol. The fourth-order valence-corrected chi connectivity index (χ4v) is 11.6. The molecule has 5 aromatic carbocycles. The van der Waals surface area contributed by atoms with Gasteiger partial charge < -0.3 is 19.3 Å². The highest BCUT2D eigenvalue weighted by Crippen LogP contribution is 2.44. The predicted octanol–water partition coefficient (Wildman–Crippen LogP) is 13.6. The van der Waals surface area contributed by atoms with E-state index in [0.717, 1.165) is 0 Å². The lowest BCUT2D eigenvalue weighted by molar-refractivity contribution is -0.120. The molecule has 430 valence electrons. The van der Waals surface area contributed by atoms with Crippen molar-refractivity contribution in [2.75, 3.05) is 42.5 Å². The van der Waals surface area contributed by atoms with E-state index in [1.807, 2.05) is 0 Å². The van der Waals surface area contributed by atoms with Gasteiger partial charge in [0.25, 0.3) is 36.8 Å². The zero-order chi connectivity index (χ0) is 59.5. The molecular weight excluding hydrogens is 1190 g/mol. The molecule has 7 aromatic rings. The molecular formula is C51H50ClN11O14S5. The van der Waals surface area contributed by atoms with E-state index in [1.54, 1.807) is 82.3 Å². The summed E-state index contributed by atoms with van der Waals surface area (Å²) in [6, 6.07) is 21.4. The number of aromatic hydroxyl groups is 1. The molecule has 0 aliphatic rings. The number of imidazole rings is 1. The van der Waals surface area contributed by atoms with Gasteiger partial charge in [0.05, 0.1) is 81.2 Å². The summed E-state index contributed by atoms with van der Waals surface area (Å²) in [5, 5.41) is 57.8. The number of pyridine rings is 1. The van der Waals surface area contributed by atoms with E-state index in [0.29, 0.717) is 71.7 Å². The van der Waals surface area contributed by atoms with Gasteiger partial charge in [0.2, 0.25) is 5.88 Å². The first-order valence-electron chi connectivity index (χ1n) is 24.2. The van der Waals surface area contributed by atoms with Gasteiger partial charge in [-0.15, -0.1) is 44.0 Å². The van der Waals surface area contributed by atoms with Crippen molar-refractivity contribution in [3.05, 3.63) is 106 Å². The number of aromatic nitrogens is 2. The zero-order valence-corrected chi connectivity index (χ0v) is 48.9. The van der Waals surface area contributed by atoms with Crippen molar-refractivity contribution in [3.8, 4) is 29.2 Å². The normalized spacial score (nSPS) is 12.4. The number of hydrogen-bond acceptors (Lipinski definition) is 23. The molecule has 0 amide bonds. The van der Waals surface area contributed by atoms with Crippen LogP contribution in [0.4, 0.5) is 45.5 Å². The molecule has 0 aliphatic heterocycles. The third kappa shape index (κ3) is 16.6. The lowest BCUT2D eigenvalue weighted by atomic mass is 10.1. The topological polar surface area (TPSA) is 368 Å². The summed E-state index contributed by atoms with van der Waals surface area (Å²) in [4.78, 5) is 16.5. The summed E-state index contributed by atoms with van der Waals surface area (Å²) in [7, 11) is -11.4. The van der Waals surface area contributed by atoms with Gasteiger partial charge >= 0.3 is 0 Å². The molecule has 0 bridgehead atoms. The van der Waals surface area contributed by atoms with Crippen molar-refractivity contribution in [2.45, 2.75) is 56.7 Å². The second-order valence-electron chi connectivity index (χ2n) is 17.8. The van der Waals surface area contributed by atoms with Gasteiger partial charge in [-0.3, -0.25) is 22.9 Å². The van der Waals surface area contributed by atoms with Crippen LogP contribution in [0.15, 0.2) is 124 Å². The second-order valence-corrected chi connectivity index (χ2v) is 25.2. The quantitative estimate of drug-likeness (QED) is 0.0129. The van der Waals surface area contributed by atoms with E-state index in [-0.39, 0.29) is 100 Å². The number of thioether (sulfide) groups is 2. The number of carbonyl (C=O) groups excluding carboxylic acids is 1. The molecule has 31 heteroatoms. The number of methoxy groups -OCH3 is 1. The van der Waals surface area contributed by atoms with Crippen LogP contribution in [0.2, 0.25) is 5.02 Å². The maximum absolute atomic E-state index is 11.6. The van der Waals surface area contributed by atoms with Gasteiger partial charge in [-0.1, -0.05) is 11.6 Å². The fourth-order valence-electron chi connectivity index (χ4n) is 7.67. The smallest absolute Gasteiger partial charge is 0.298 e. The SMILES string of the molecule is COc1ccc2c(c1)nc1c(C#N)c(C)c(N=Nc3cc(C)c(N=Nc4cc(C)c(N=Nc5cc(C)c(N=Nc6ccc(Cl)c(OC=O)c6)cc5SCCCS(=O)(=O)O)cc4SCCCS(=O)(=O)O)cc3OCCCS(=O)(=O)O)c(O)n12. The number of nitrogens with zero attached hydrogens (tertiary/aromatic N) is 11. The second kappa shape index (κ2) is 27.1. The number of halogens is 1. The Morgan fingerprint density at radius 1 is 0.659 bits per heavy atom. The highest BCUT2D eigenvalue weighted by Gasteiger charge is 2.22. The molecule has 0 saturated heterocycles. The standard InChI is InChI=1S/C51H50ClN11O14S5/c1-29-19-41(59-62-49-32(4)35(27-53)50-54-40-23-34(75-5)10-12-44(40)63(50)51(49)65)46(76-13-6-16-80(66,67)68)24-37(29)57-60-42-21-31(3)39(26-48(42)79-15-8-18-82(72,73)74)58-61-43-20-30(2)38(25-47(43)78-14-7-17-81(69,70)71)56-55-33-9-11-36(52)45(22-33)77-28-64/h9-12,19-26,28,65H,6-8,13-18H2,1-5H3,(H,66,67,68)(H,69,70,71)(H,72,73,74). The molecule has 82 heavy (non-hydrogen) atoms. The summed E-state index contributed by atoms with van der Waals surface area (Å²) in [6.07, 6.45) is 0.0313. The average Bonchev–Trinajstić information content (AvgIpc) is 3.97. The Kier molecular flexibility index (Phi) is 20.5. The Hall–Kier alpha value is -7.47. The molecule has 0 fully saturated rings. The Labute approximate surface area is 483 Å². The van der Waals surface area contributed by atoms with Crippen LogP contribution in [-0.2, 0) is 35.1 Å². The molecule has 2 heterocycles. The molecule has 0 radical (unpaired) electrons. The number of ether oxygens (including phenoxy) is 3. The molecule has 0 atom stereocenters. The van der Waals surface area contributed by atoms with Crippen LogP contribution in [0.1, 0.15) is 47.1 Å². The van der Waals surface area contributed by atoms with E-state index in [9.17, 15) is 54.1 Å². The van der Waals surface area contributed by atoms with Crippen LogP contribution in [0, 0.1) is 39.0 Å². The van der Waals surface area contributed by atoms with E-state index < -0.39 is 47.6 Å². The first kappa shape index (κ1) is 62.1. The number of benzene rings is 5. The first-order chi connectivity index (χ1) is 38.8. The van der Waals surface area contributed by atoms with Crippen LogP contribution in [0.25, 0.3) is 16.7 Å². The van der Waals surface area contributed by atoms with Crippen molar-refractivity contribution in [2.24, 2.45) is 40.9 Å². The Morgan fingerprint density at radius 2 is 1.18 bits per heavy atom. The monoisotopic (exact) mass is 1240 g/mol. The van der Waals surface area contributed by atoms with Crippen molar-refractivity contribution >= 4 is 134 Å². The number of rotatable bonds is 26. The number of fused-ring (bicyclic) bond motifs is 3. The van der Waals surface area contributed by atoms with Crippen molar-refractivity contribution in [1.82, 2.24) is 9.38 Å². The first-order valence-corrected chi connectivity index (χ1v) is 31.4. The van der Waals surface area contributed by atoms with Crippen LogP contribution in [-0.4, -0.2) is 102 Å². The molecule has 0 saturated carbocycles. The maximum atomic E-state index is 11.6. The minimum atomic E-state index is -4.34. The maximum Gasteiger partial charge on any atom is 0.298 e. The molecule has 2 aromatic heterocycles. The van der Waals surface area contributed by atoms with Crippen LogP contribution < -0.4 is 14.2 Å². The van der Waals surface area contributed by atoms with Gasteiger partial charge in [-0.2, -0.15) is 51.0 Å². The van der Waals surface area contributed by atoms with Gasteiger partial charge in [0.1, 0.15) is 28.8 Å². The highest BCUT2D eigenvalue weighted by molar-refractivity contribution is 7.99. The Morgan fingerprint density at radius 3 is 1.73 bits per heavy atom. The summed E-state index contributed by atoms with van der Waals surface area (Å²) >= 11 is 8.55. The third-order valence-corrected chi connectivity index (χ3v) is 16.7. The van der Waals surface area contributed by atoms with Gasteiger partial charge in [0.15, 0.2) is 17.1 Å². The van der Waals surface area contributed by atoms with Crippen molar-refractivity contribution in [1.29, 1.82) is 5.26 Å². The number of nitriles is 1. The fraction of sp³-hybridized carbons (Fsp3) is 0.275.